The summed E-state index contributed by atoms with van der Waals surface area (Å²) >= 11 is 0. The lowest BCUT2D eigenvalue weighted by Crippen LogP contribution is -2.44. The molecule has 1 aliphatic rings. The van der Waals surface area contributed by atoms with Crippen molar-refractivity contribution in [1.29, 1.82) is 0 Å². The van der Waals surface area contributed by atoms with Gasteiger partial charge in [-0.1, -0.05) is 39.5 Å². The van der Waals surface area contributed by atoms with Gasteiger partial charge in [-0.2, -0.15) is 0 Å². The number of aliphatic hydroxyl groups is 1. The molecule has 1 N–H and O–H groups in total. The molecule has 0 heterocycles. The molecule has 2 nitrogen and oxygen atoms in total. The average molecular weight is 241 g/mol. The van der Waals surface area contributed by atoms with Gasteiger partial charge in [0.2, 0.25) is 0 Å². The van der Waals surface area contributed by atoms with E-state index >= 15 is 0 Å². The van der Waals surface area contributed by atoms with E-state index in [4.69, 9.17) is 0 Å². The Balaban J connectivity index is 2.64. The van der Waals surface area contributed by atoms with Crippen molar-refractivity contribution in [3.8, 4) is 0 Å². The minimum Gasteiger partial charge on any atom is -0.396 e. The van der Waals surface area contributed by atoms with Gasteiger partial charge >= 0.3 is 0 Å². The lowest BCUT2D eigenvalue weighted by atomic mass is 9.80. The molecule has 0 aromatic rings. The number of rotatable bonds is 6. The van der Waals surface area contributed by atoms with E-state index in [9.17, 15) is 5.11 Å². The summed E-state index contributed by atoms with van der Waals surface area (Å²) in [5, 5.41) is 9.84. The lowest BCUT2D eigenvalue weighted by Gasteiger charge is -2.39. The van der Waals surface area contributed by atoms with E-state index in [0.29, 0.717) is 12.6 Å². The predicted molar refractivity (Wildman–Crippen MR) is 74.2 cm³/mol. The van der Waals surface area contributed by atoms with E-state index < -0.39 is 0 Å². The van der Waals surface area contributed by atoms with Gasteiger partial charge in [0, 0.05) is 24.6 Å². The van der Waals surface area contributed by atoms with Crippen LogP contribution in [0.4, 0.5) is 0 Å². The fraction of sp³-hybridized carbons (Fsp3) is 1.00. The van der Waals surface area contributed by atoms with Crippen molar-refractivity contribution in [2.75, 3.05) is 19.7 Å². The summed E-state index contributed by atoms with van der Waals surface area (Å²) in [6.45, 7) is 9.39. The zero-order valence-electron chi connectivity index (χ0n) is 12.0. The van der Waals surface area contributed by atoms with Crippen LogP contribution in [0.15, 0.2) is 0 Å². The summed E-state index contributed by atoms with van der Waals surface area (Å²) in [6, 6.07) is 0.645. The summed E-state index contributed by atoms with van der Waals surface area (Å²) in [6.07, 6.45) is 8.97. The summed E-state index contributed by atoms with van der Waals surface area (Å²) in [4.78, 5) is 2.56. The van der Waals surface area contributed by atoms with Gasteiger partial charge in [0.15, 0.2) is 0 Å². The van der Waals surface area contributed by atoms with Gasteiger partial charge < -0.3 is 10.0 Å². The third kappa shape index (κ3) is 4.26. The summed E-state index contributed by atoms with van der Waals surface area (Å²) in [5.41, 5.74) is 0.190. The molecule has 0 radical (unpaired) electrons. The quantitative estimate of drug-likeness (QED) is 0.720. The minimum atomic E-state index is 0.190. The standard InChI is InChI=1S/C15H31NO/c1-4-14(3)16(5-2)12-15(13-17)10-8-6-7-9-11-15/h14,17H,4-13H2,1-3H3. The highest BCUT2D eigenvalue weighted by Crippen LogP contribution is 2.35. The first-order valence-electron chi connectivity index (χ1n) is 7.52. The smallest absolute Gasteiger partial charge is 0.0499 e. The molecule has 1 atom stereocenters. The van der Waals surface area contributed by atoms with Gasteiger partial charge in [-0.25, -0.2) is 0 Å². The number of aliphatic hydroxyl groups excluding tert-OH is 1. The van der Waals surface area contributed by atoms with E-state index in [1.165, 1.54) is 44.9 Å². The summed E-state index contributed by atoms with van der Waals surface area (Å²) < 4.78 is 0. The van der Waals surface area contributed by atoms with Crippen LogP contribution < -0.4 is 0 Å². The molecular formula is C15H31NO. The molecule has 0 saturated heterocycles. The van der Waals surface area contributed by atoms with Crippen molar-refractivity contribution in [3.05, 3.63) is 0 Å². The first-order chi connectivity index (χ1) is 8.17. The van der Waals surface area contributed by atoms with Crippen molar-refractivity contribution >= 4 is 0 Å². The molecule has 1 aliphatic carbocycles. The topological polar surface area (TPSA) is 23.5 Å². The SMILES string of the molecule is CCC(C)N(CC)CC1(CO)CCCCCC1. The van der Waals surface area contributed by atoms with Crippen molar-refractivity contribution in [3.63, 3.8) is 0 Å². The van der Waals surface area contributed by atoms with Crippen molar-refractivity contribution < 1.29 is 5.11 Å². The van der Waals surface area contributed by atoms with Crippen LogP contribution in [0.25, 0.3) is 0 Å². The molecule has 0 bridgehead atoms. The Labute approximate surface area is 107 Å². The Morgan fingerprint density at radius 1 is 1.12 bits per heavy atom. The molecule has 1 saturated carbocycles. The van der Waals surface area contributed by atoms with Crippen LogP contribution in [-0.4, -0.2) is 35.7 Å². The van der Waals surface area contributed by atoms with Crippen molar-refractivity contribution in [2.24, 2.45) is 5.41 Å². The normalized spacial score (nSPS) is 22.4. The zero-order valence-corrected chi connectivity index (χ0v) is 12.0. The largest absolute Gasteiger partial charge is 0.396 e. The maximum Gasteiger partial charge on any atom is 0.0499 e. The molecule has 1 fully saturated rings. The Morgan fingerprint density at radius 3 is 2.12 bits per heavy atom. The molecule has 1 rings (SSSR count). The summed E-state index contributed by atoms with van der Waals surface area (Å²) in [5.74, 6) is 0. The summed E-state index contributed by atoms with van der Waals surface area (Å²) in [7, 11) is 0. The van der Waals surface area contributed by atoms with Crippen LogP contribution in [0.5, 0.6) is 0 Å². The van der Waals surface area contributed by atoms with Crippen molar-refractivity contribution in [2.45, 2.75) is 71.8 Å². The monoisotopic (exact) mass is 241 g/mol. The second kappa shape index (κ2) is 7.38. The van der Waals surface area contributed by atoms with Crippen LogP contribution in [-0.2, 0) is 0 Å². The average Bonchev–Trinajstić information content (AvgIpc) is 2.61. The van der Waals surface area contributed by atoms with E-state index in [2.05, 4.69) is 25.7 Å². The molecule has 0 spiro atoms. The van der Waals surface area contributed by atoms with Crippen LogP contribution in [0.2, 0.25) is 0 Å². The molecular weight excluding hydrogens is 210 g/mol. The van der Waals surface area contributed by atoms with Crippen molar-refractivity contribution in [1.82, 2.24) is 4.90 Å². The van der Waals surface area contributed by atoms with Gasteiger partial charge in [0.05, 0.1) is 0 Å². The molecule has 2 heteroatoms. The maximum absolute atomic E-state index is 9.84. The maximum atomic E-state index is 9.84. The highest BCUT2D eigenvalue weighted by atomic mass is 16.3. The molecule has 17 heavy (non-hydrogen) atoms. The van der Waals surface area contributed by atoms with Gasteiger partial charge in [-0.15, -0.1) is 0 Å². The van der Waals surface area contributed by atoms with Crippen LogP contribution >= 0.6 is 0 Å². The van der Waals surface area contributed by atoms with E-state index in [0.717, 1.165) is 13.1 Å². The molecule has 102 valence electrons. The van der Waals surface area contributed by atoms with Crippen LogP contribution in [0.1, 0.15) is 65.7 Å². The van der Waals surface area contributed by atoms with Gasteiger partial charge in [-0.3, -0.25) is 0 Å². The number of hydrogen-bond donors (Lipinski definition) is 1. The molecule has 0 amide bonds. The Hall–Kier alpha value is -0.0800. The first-order valence-corrected chi connectivity index (χ1v) is 7.52. The molecule has 0 aromatic heterocycles. The third-order valence-electron chi connectivity index (χ3n) is 4.66. The van der Waals surface area contributed by atoms with Crippen LogP contribution in [0.3, 0.4) is 0 Å². The predicted octanol–water partition coefficient (Wildman–Crippen LogP) is 3.44. The second-order valence-electron chi connectivity index (χ2n) is 5.89. The zero-order chi connectivity index (χ0) is 12.7. The Morgan fingerprint density at radius 2 is 1.71 bits per heavy atom. The molecule has 0 aliphatic heterocycles. The highest BCUT2D eigenvalue weighted by molar-refractivity contribution is 4.85. The Kier molecular flexibility index (Phi) is 6.50. The fourth-order valence-electron chi connectivity index (χ4n) is 3.11. The van der Waals surface area contributed by atoms with Crippen LogP contribution in [0, 0.1) is 5.41 Å². The van der Waals surface area contributed by atoms with Gasteiger partial charge in [-0.05, 0) is 32.7 Å². The number of nitrogens with zero attached hydrogens (tertiary/aromatic N) is 1. The second-order valence-corrected chi connectivity index (χ2v) is 5.89. The van der Waals surface area contributed by atoms with E-state index in [1.54, 1.807) is 0 Å². The lowest BCUT2D eigenvalue weighted by molar-refractivity contribution is 0.0460. The van der Waals surface area contributed by atoms with E-state index in [-0.39, 0.29) is 5.41 Å². The Bertz CT molecular complexity index is 197. The first kappa shape index (κ1) is 15.0. The van der Waals surface area contributed by atoms with E-state index in [1.807, 2.05) is 0 Å². The molecule has 1 unspecified atom stereocenters. The highest BCUT2D eigenvalue weighted by Gasteiger charge is 2.32. The van der Waals surface area contributed by atoms with Gasteiger partial charge in [0.25, 0.3) is 0 Å². The van der Waals surface area contributed by atoms with Gasteiger partial charge in [0.1, 0.15) is 0 Å². The third-order valence-corrected chi connectivity index (χ3v) is 4.66. The minimum absolute atomic E-state index is 0.190. The fourth-order valence-corrected chi connectivity index (χ4v) is 3.11. The number of hydrogen-bond acceptors (Lipinski definition) is 2. The molecule has 0 aromatic carbocycles.